The zero-order chi connectivity index (χ0) is 14.4. The molecule has 0 aliphatic rings. The molecule has 0 spiro atoms. The van der Waals surface area contributed by atoms with Gasteiger partial charge in [-0.2, -0.15) is 0 Å². The second kappa shape index (κ2) is 7.69. The maximum atomic E-state index is 3.74. The molecule has 0 saturated heterocycles. The second-order valence-electron chi connectivity index (χ2n) is 6.29. The summed E-state index contributed by atoms with van der Waals surface area (Å²) in [6.45, 7) is 14.7. The Morgan fingerprint density at radius 1 is 1.00 bits per heavy atom. The third-order valence-corrected chi connectivity index (χ3v) is 3.76. The van der Waals surface area contributed by atoms with E-state index in [9.17, 15) is 0 Å². The van der Waals surface area contributed by atoms with Gasteiger partial charge in [-0.25, -0.2) is 0 Å². The van der Waals surface area contributed by atoms with Gasteiger partial charge in [0.15, 0.2) is 0 Å². The Hall–Kier alpha value is -0.820. The van der Waals surface area contributed by atoms with Gasteiger partial charge in [-0.05, 0) is 69.2 Å². The molecule has 0 heterocycles. The summed E-state index contributed by atoms with van der Waals surface area (Å²) >= 11 is 0. The first-order valence-electron chi connectivity index (χ1n) is 7.76. The van der Waals surface area contributed by atoms with Crippen molar-refractivity contribution in [2.24, 2.45) is 5.92 Å². The molecule has 0 saturated carbocycles. The molecule has 1 nitrogen and oxygen atoms in total. The summed E-state index contributed by atoms with van der Waals surface area (Å²) in [4.78, 5) is 0. The number of rotatable bonds is 7. The van der Waals surface area contributed by atoms with E-state index in [-0.39, 0.29) is 0 Å². The van der Waals surface area contributed by atoms with E-state index in [0.717, 1.165) is 12.5 Å². The van der Waals surface area contributed by atoms with Crippen molar-refractivity contribution in [3.63, 3.8) is 0 Å². The van der Waals surface area contributed by atoms with E-state index >= 15 is 0 Å². The van der Waals surface area contributed by atoms with E-state index in [4.69, 9.17) is 0 Å². The van der Waals surface area contributed by atoms with Gasteiger partial charge in [-0.1, -0.05) is 38.5 Å². The summed E-state index contributed by atoms with van der Waals surface area (Å²) in [6.07, 6.45) is 3.72. The summed E-state index contributed by atoms with van der Waals surface area (Å²) < 4.78 is 0. The van der Waals surface area contributed by atoms with Crippen LogP contribution in [0.15, 0.2) is 12.1 Å². The predicted octanol–water partition coefficient (Wildman–Crippen LogP) is 5.09. The second-order valence-corrected chi connectivity index (χ2v) is 6.29. The molecule has 1 atom stereocenters. The summed E-state index contributed by atoms with van der Waals surface area (Å²) in [6, 6.07) is 5.15. The Morgan fingerprint density at radius 3 is 2.05 bits per heavy atom. The molecule has 0 radical (unpaired) electrons. The lowest BCUT2D eigenvalue weighted by atomic mass is 9.90. The first-order valence-corrected chi connectivity index (χ1v) is 7.76. The summed E-state index contributed by atoms with van der Waals surface area (Å²) in [5, 5.41) is 3.74. The standard InChI is InChI=1S/C18H31N/c1-7-10-19-17(9-8-13(2)3)18-15(5)11-14(4)12-16(18)6/h11-13,17,19H,7-10H2,1-6H3. The van der Waals surface area contributed by atoms with E-state index in [0.29, 0.717) is 6.04 Å². The number of aryl methyl sites for hydroxylation is 3. The Bertz CT molecular complexity index is 370. The van der Waals surface area contributed by atoms with Crippen LogP contribution in [0.25, 0.3) is 0 Å². The molecule has 0 aromatic heterocycles. The van der Waals surface area contributed by atoms with Gasteiger partial charge < -0.3 is 5.32 Å². The number of nitrogens with one attached hydrogen (secondary N) is 1. The van der Waals surface area contributed by atoms with Crippen LogP contribution in [0.3, 0.4) is 0 Å². The average molecular weight is 261 g/mol. The minimum absolute atomic E-state index is 0.517. The number of benzene rings is 1. The molecular weight excluding hydrogens is 230 g/mol. The number of hydrogen-bond donors (Lipinski definition) is 1. The van der Waals surface area contributed by atoms with Gasteiger partial charge in [0.2, 0.25) is 0 Å². The summed E-state index contributed by atoms with van der Waals surface area (Å²) in [5.41, 5.74) is 5.78. The molecule has 19 heavy (non-hydrogen) atoms. The normalized spacial score (nSPS) is 13.0. The molecule has 0 aliphatic heterocycles. The van der Waals surface area contributed by atoms with Crippen molar-refractivity contribution in [2.45, 2.75) is 66.8 Å². The third-order valence-electron chi connectivity index (χ3n) is 3.76. The fraction of sp³-hybridized carbons (Fsp3) is 0.667. The van der Waals surface area contributed by atoms with Gasteiger partial charge in [0.05, 0.1) is 0 Å². The lowest BCUT2D eigenvalue weighted by molar-refractivity contribution is 0.438. The largest absolute Gasteiger partial charge is 0.310 e. The van der Waals surface area contributed by atoms with Crippen LogP contribution in [0.4, 0.5) is 0 Å². The van der Waals surface area contributed by atoms with Crippen molar-refractivity contribution in [1.82, 2.24) is 5.32 Å². The topological polar surface area (TPSA) is 12.0 Å². The molecule has 1 aromatic rings. The molecule has 0 amide bonds. The highest BCUT2D eigenvalue weighted by Crippen LogP contribution is 2.28. The van der Waals surface area contributed by atoms with Crippen LogP contribution in [0.5, 0.6) is 0 Å². The van der Waals surface area contributed by atoms with E-state index in [1.165, 1.54) is 41.5 Å². The van der Waals surface area contributed by atoms with Gasteiger partial charge in [0.1, 0.15) is 0 Å². The van der Waals surface area contributed by atoms with E-state index in [2.05, 4.69) is 59.0 Å². The van der Waals surface area contributed by atoms with Crippen molar-refractivity contribution in [1.29, 1.82) is 0 Å². The highest BCUT2D eigenvalue weighted by molar-refractivity contribution is 5.39. The van der Waals surface area contributed by atoms with Crippen LogP contribution in [-0.4, -0.2) is 6.54 Å². The van der Waals surface area contributed by atoms with Gasteiger partial charge in [-0.3, -0.25) is 0 Å². The van der Waals surface area contributed by atoms with Gasteiger partial charge in [0, 0.05) is 6.04 Å². The minimum atomic E-state index is 0.517. The summed E-state index contributed by atoms with van der Waals surface area (Å²) in [5.74, 6) is 0.775. The van der Waals surface area contributed by atoms with Crippen molar-refractivity contribution in [3.05, 3.63) is 34.4 Å². The zero-order valence-corrected chi connectivity index (χ0v) is 13.6. The van der Waals surface area contributed by atoms with Gasteiger partial charge in [0.25, 0.3) is 0 Å². The smallest absolute Gasteiger partial charge is 0.0325 e. The zero-order valence-electron chi connectivity index (χ0n) is 13.6. The van der Waals surface area contributed by atoms with E-state index in [1.807, 2.05) is 0 Å². The van der Waals surface area contributed by atoms with Crippen LogP contribution >= 0.6 is 0 Å². The molecule has 1 rings (SSSR count). The Kier molecular flexibility index (Phi) is 6.57. The molecule has 0 aliphatic carbocycles. The van der Waals surface area contributed by atoms with Crippen molar-refractivity contribution >= 4 is 0 Å². The third kappa shape index (κ3) is 4.99. The van der Waals surface area contributed by atoms with Crippen molar-refractivity contribution < 1.29 is 0 Å². The number of hydrogen-bond acceptors (Lipinski definition) is 1. The fourth-order valence-corrected chi connectivity index (χ4v) is 2.91. The average Bonchev–Trinajstić information content (AvgIpc) is 2.30. The van der Waals surface area contributed by atoms with Gasteiger partial charge >= 0.3 is 0 Å². The van der Waals surface area contributed by atoms with E-state index in [1.54, 1.807) is 0 Å². The quantitative estimate of drug-likeness (QED) is 0.721. The molecule has 1 heteroatoms. The monoisotopic (exact) mass is 261 g/mol. The molecular formula is C18H31N. The fourth-order valence-electron chi connectivity index (χ4n) is 2.91. The minimum Gasteiger partial charge on any atom is -0.310 e. The van der Waals surface area contributed by atoms with Crippen LogP contribution in [0.2, 0.25) is 0 Å². The molecule has 1 N–H and O–H groups in total. The van der Waals surface area contributed by atoms with Crippen LogP contribution in [0, 0.1) is 26.7 Å². The van der Waals surface area contributed by atoms with E-state index < -0.39 is 0 Å². The maximum absolute atomic E-state index is 3.74. The molecule has 1 unspecified atom stereocenters. The lowest BCUT2D eigenvalue weighted by Gasteiger charge is -2.24. The highest BCUT2D eigenvalue weighted by atomic mass is 14.9. The molecule has 108 valence electrons. The SMILES string of the molecule is CCCNC(CCC(C)C)c1c(C)cc(C)cc1C. The van der Waals surface area contributed by atoms with Crippen LogP contribution in [-0.2, 0) is 0 Å². The van der Waals surface area contributed by atoms with Crippen LogP contribution < -0.4 is 5.32 Å². The van der Waals surface area contributed by atoms with Gasteiger partial charge in [-0.15, -0.1) is 0 Å². The Morgan fingerprint density at radius 2 is 1.58 bits per heavy atom. The summed E-state index contributed by atoms with van der Waals surface area (Å²) in [7, 11) is 0. The van der Waals surface area contributed by atoms with Crippen molar-refractivity contribution in [2.75, 3.05) is 6.54 Å². The Labute approximate surface area is 119 Å². The first-order chi connectivity index (χ1) is 8.95. The molecule has 1 aromatic carbocycles. The maximum Gasteiger partial charge on any atom is 0.0325 e. The lowest BCUT2D eigenvalue weighted by Crippen LogP contribution is -2.24. The van der Waals surface area contributed by atoms with Crippen molar-refractivity contribution in [3.8, 4) is 0 Å². The highest BCUT2D eigenvalue weighted by Gasteiger charge is 2.16. The first kappa shape index (κ1) is 16.2. The predicted molar refractivity (Wildman–Crippen MR) is 85.8 cm³/mol. The van der Waals surface area contributed by atoms with Crippen LogP contribution in [0.1, 0.15) is 68.3 Å². The Balaban J connectivity index is 2.95. The molecule has 0 fully saturated rings. The molecule has 0 bridgehead atoms.